The van der Waals surface area contributed by atoms with Crippen molar-refractivity contribution in [3.05, 3.63) is 16.1 Å². The van der Waals surface area contributed by atoms with E-state index in [1.165, 1.54) is 11.3 Å². The van der Waals surface area contributed by atoms with E-state index in [1.54, 1.807) is 0 Å². The molecule has 1 aromatic heterocycles. The molecule has 1 aromatic rings. The molecule has 1 heterocycles. The lowest BCUT2D eigenvalue weighted by Gasteiger charge is -2.04. The maximum atomic E-state index is 10.8. The summed E-state index contributed by atoms with van der Waals surface area (Å²) in [7, 11) is 0. The first-order valence-corrected chi connectivity index (χ1v) is 5.24. The number of hydrogen-bond acceptors (Lipinski definition) is 3. The Hall–Kier alpha value is -0.900. The van der Waals surface area contributed by atoms with E-state index in [1.807, 2.05) is 19.2 Å². The average molecular weight is 199 g/mol. The highest BCUT2D eigenvalue weighted by Crippen LogP contribution is 2.23. The summed E-state index contributed by atoms with van der Waals surface area (Å²) in [5.74, 6) is -1.20. The Labute approximate surface area is 81.4 Å². The van der Waals surface area contributed by atoms with Crippen molar-refractivity contribution in [3.8, 4) is 0 Å². The third-order valence-electron chi connectivity index (χ3n) is 1.94. The molecule has 0 bridgehead atoms. The van der Waals surface area contributed by atoms with Gasteiger partial charge in [-0.3, -0.25) is 4.79 Å². The molecule has 0 amide bonds. The third kappa shape index (κ3) is 2.28. The fourth-order valence-corrected chi connectivity index (χ4v) is 2.18. The first-order valence-electron chi connectivity index (χ1n) is 4.36. The van der Waals surface area contributed by atoms with E-state index in [0.29, 0.717) is 6.42 Å². The summed E-state index contributed by atoms with van der Waals surface area (Å²) < 4.78 is 0. The van der Waals surface area contributed by atoms with Crippen LogP contribution in [0.3, 0.4) is 0 Å². The van der Waals surface area contributed by atoms with Crippen molar-refractivity contribution in [2.24, 2.45) is 0 Å². The van der Waals surface area contributed by atoms with Gasteiger partial charge in [-0.1, -0.05) is 13.8 Å². The van der Waals surface area contributed by atoms with Gasteiger partial charge in [-0.15, -0.1) is 11.3 Å². The van der Waals surface area contributed by atoms with Gasteiger partial charge in [0.15, 0.2) is 0 Å². The Balaban J connectivity index is 2.85. The van der Waals surface area contributed by atoms with E-state index in [-0.39, 0.29) is 0 Å². The van der Waals surface area contributed by atoms with Gasteiger partial charge >= 0.3 is 5.97 Å². The van der Waals surface area contributed by atoms with Crippen LogP contribution in [0.15, 0.2) is 5.38 Å². The number of aliphatic carboxylic acids is 1. The van der Waals surface area contributed by atoms with Crippen LogP contribution in [0.1, 0.15) is 36.9 Å². The van der Waals surface area contributed by atoms with Gasteiger partial charge in [0.25, 0.3) is 0 Å². The van der Waals surface area contributed by atoms with Gasteiger partial charge < -0.3 is 5.11 Å². The summed E-state index contributed by atoms with van der Waals surface area (Å²) in [5, 5.41) is 11.5. The number of rotatable bonds is 4. The molecule has 0 aromatic carbocycles. The molecule has 0 fully saturated rings. The largest absolute Gasteiger partial charge is 0.481 e. The van der Waals surface area contributed by atoms with Crippen LogP contribution in [0.4, 0.5) is 0 Å². The van der Waals surface area contributed by atoms with Gasteiger partial charge in [-0.25, -0.2) is 4.98 Å². The smallest absolute Gasteiger partial charge is 0.313 e. The zero-order valence-corrected chi connectivity index (χ0v) is 8.60. The summed E-state index contributed by atoms with van der Waals surface area (Å²) in [5.41, 5.74) is 0.986. The highest BCUT2D eigenvalue weighted by atomic mass is 32.1. The summed E-state index contributed by atoms with van der Waals surface area (Å²) in [6.45, 7) is 3.88. The molecule has 1 rings (SSSR count). The Morgan fingerprint density at radius 3 is 2.77 bits per heavy atom. The Kier molecular flexibility index (Phi) is 3.42. The second-order valence-corrected chi connectivity index (χ2v) is 3.72. The molecule has 1 unspecified atom stereocenters. The molecule has 0 radical (unpaired) electrons. The molecular formula is C9H13NO2S. The summed E-state index contributed by atoms with van der Waals surface area (Å²) in [4.78, 5) is 15.1. The molecule has 1 atom stereocenters. The van der Waals surface area contributed by atoms with Crippen molar-refractivity contribution in [2.45, 2.75) is 32.6 Å². The summed E-state index contributed by atoms with van der Waals surface area (Å²) >= 11 is 1.44. The third-order valence-corrected chi connectivity index (χ3v) is 2.94. The van der Waals surface area contributed by atoms with Crippen LogP contribution >= 0.6 is 11.3 Å². The molecule has 3 nitrogen and oxygen atoms in total. The molecule has 1 N–H and O–H groups in total. The van der Waals surface area contributed by atoms with Crippen molar-refractivity contribution in [2.75, 3.05) is 0 Å². The minimum atomic E-state index is -0.778. The fraction of sp³-hybridized carbons (Fsp3) is 0.556. The first kappa shape index (κ1) is 10.2. The SMILES string of the molecule is CCc1csc(C(CC)C(=O)O)n1. The predicted molar refractivity (Wildman–Crippen MR) is 52.2 cm³/mol. The number of carbonyl (C=O) groups is 1. The minimum Gasteiger partial charge on any atom is -0.481 e. The number of aromatic nitrogens is 1. The molecule has 13 heavy (non-hydrogen) atoms. The predicted octanol–water partition coefficient (Wildman–Crippen LogP) is 2.28. The minimum absolute atomic E-state index is 0.426. The summed E-state index contributed by atoms with van der Waals surface area (Å²) in [6, 6.07) is 0. The fourth-order valence-electron chi connectivity index (χ4n) is 1.10. The molecule has 72 valence electrons. The van der Waals surface area contributed by atoms with E-state index in [0.717, 1.165) is 17.1 Å². The Morgan fingerprint density at radius 2 is 2.38 bits per heavy atom. The van der Waals surface area contributed by atoms with Gasteiger partial charge in [0, 0.05) is 5.38 Å². The number of hydrogen-bond donors (Lipinski definition) is 1. The van der Waals surface area contributed by atoms with Gasteiger partial charge in [0.2, 0.25) is 0 Å². The van der Waals surface area contributed by atoms with Crippen LogP contribution in [-0.4, -0.2) is 16.1 Å². The van der Waals surface area contributed by atoms with Crippen LogP contribution in [-0.2, 0) is 11.2 Å². The van der Waals surface area contributed by atoms with Crippen molar-refractivity contribution < 1.29 is 9.90 Å². The van der Waals surface area contributed by atoms with Crippen molar-refractivity contribution in [1.29, 1.82) is 0 Å². The standard InChI is InChI=1S/C9H13NO2S/c1-3-6-5-13-8(10-6)7(4-2)9(11)12/h5,7H,3-4H2,1-2H3,(H,11,12). The molecule has 0 saturated heterocycles. The number of thiazole rings is 1. The highest BCUT2D eigenvalue weighted by Gasteiger charge is 2.20. The van der Waals surface area contributed by atoms with Crippen LogP contribution in [0.2, 0.25) is 0 Å². The maximum Gasteiger partial charge on any atom is 0.313 e. The monoisotopic (exact) mass is 199 g/mol. The lowest BCUT2D eigenvalue weighted by molar-refractivity contribution is -0.138. The second kappa shape index (κ2) is 4.37. The normalized spacial score (nSPS) is 12.8. The number of carboxylic acid groups (broad SMARTS) is 1. The van der Waals surface area contributed by atoms with Crippen LogP contribution in [0.25, 0.3) is 0 Å². The Morgan fingerprint density at radius 1 is 1.69 bits per heavy atom. The van der Waals surface area contributed by atoms with Crippen LogP contribution < -0.4 is 0 Å². The van der Waals surface area contributed by atoms with Crippen molar-refractivity contribution in [3.63, 3.8) is 0 Å². The molecule has 0 aliphatic rings. The van der Waals surface area contributed by atoms with Crippen molar-refractivity contribution >= 4 is 17.3 Å². The number of nitrogens with zero attached hydrogens (tertiary/aromatic N) is 1. The highest BCUT2D eigenvalue weighted by molar-refractivity contribution is 7.09. The molecule has 4 heteroatoms. The van der Waals surface area contributed by atoms with E-state index in [2.05, 4.69) is 4.98 Å². The van der Waals surface area contributed by atoms with E-state index < -0.39 is 11.9 Å². The first-order chi connectivity index (χ1) is 6.19. The molecular weight excluding hydrogens is 186 g/mol. The zero-order valence-electron chi connectivity index (χ0n) is 7.78. The van der Waals surface area contributed by atoms with E-state index >= 15 is 0 Å². The van der Waals surface area contributed by atoms with Gasteiger partial charge in [-0.05, 0) is 12.8 Å². The van der Waals surface area contributed by atoms with Crippen LogP contribution in [0, 0.1) is 0 Å². The molecule has 0 saturated carbocycles. The van der Waals surface area contributed by atoms with E-state index in [4.69, 9.17) is 5.11 Å². The average Bonchev–Trinajstić information content (AvgIpc) is 2.53. The molecule has 0 spiro atoms. The van der Waals surface area contributed by atoms with Crippen LogP contribution in [0.5, 0.6) is 0 Å². The zero-order chi connectivity index (χ0) is 9.84. The van der Waals surface area contributed by atoms with Gasteiger partial charge in [-0.2, -0.15) is 0 Å². The van der Waals surface area contributed by atoms with Gasteiger partial charge in [0.1, 0.15) is 10.9 Å². The topological polar surface area (TPSA) is 50.2 Å². The Bertz CT molecular complexity index is 296. The quantitative estimate of drug-likeness (QED) is 0.809. The van der Waals surface area contributed by atoms with Crippen molar-refractivity contribution in [1.82, 2.24) is 4.98 Å². The number of carboxylic acids is 1. The second-order valence-electron chi connectivity index (χ2n) is 2.83. The number of aryl methyl sites for hydroxylation is 1. The van der Waals surface area contributed by atoms with Gasteiger partial charge in [0.05, 0.1) is 5.69 Å². The molecule has 0 aliphatic heterocycles. The lowest BCUT2D eigenvalue weighted by Crippen LogP contribution is -2.10. The molecule has 0 aliphatic carbocycles. The maximum absolute atomic E-state index is 10.8. The van der Waals surface area contributed by atoms with E-state index in [9.17, 15) is 4.79 Å². The summed E-state index contributed by atoms with van der Waals surface area (Å²) in [6.07, 6.45) is 1.47. The lowest BCUT2D eigenvalue weighted by atomic mass is 10.1.